The van der Waals surface area contributed by atoms with Crippen LogP contribution in [0.25, 0.3) is 109 Å². The van der Waals surface area contributed by atoms with E-state index in [0.29, 0.717) is 0 Å². The smallest absolute Gasteiger partial charge is 0.109 e. The van der Waals surface area contributed by atoms with E-state index in [-0.39, 0.29) is 21.7 Å². The minimum Gasteiger partial charge on any atom is -0.242 e. The van der Waals surface area contributed by atoms with Gasteiger partial charge in [-0.3, -0.25) is 0 Å². The molecule has 2 heterocycles. The summed E-state index contributed by atoms with van der Waals surface area (Å²) in [6.45, 7) is 28.2. The zero-order chi connectivity index (χ0) is 59.6. The Morgan fingerprint density at radius 3 is 0.874 bits per heavy atom. The normalized spacial score (nSPS) is 14.9. The van der Waals surface area contributed by atoms with Gasteiger partial charge in [-0.1, -0.05) is 289 Å². The summed E-state index contributed by atoms with van der Waals surface area (Å²) in [6, 6.07) is 80.2. The molecule has 11 aromatic carbocycles. The molecule has 0 radical (unpaired) electrons. The van der Waals surface area contributed by atoms with E-state index < -0.39 is 10.8 Å². The summed E-state index contributed by atoms with van der Waals surface area (Å²) < 4.78 is 0. The lowest BCUT2D eigenvalue weighted by Crippen LogP contribution is -2.27. The quantitative estimate of drug-likeness (QED) is 0.161. The second-order valence-electron chi connectivity index (χ2n) is 29.6. The molecule has 0 fully saturated rings. The molecule has 422 valence electrons. The Labute approximate surface area is 515 Å². The Kier molecular flexibility index (Phi) is 10.6. The van der Waals surface area contributed by atoms with Gasteiger partial charge in [0, 0.05) is 21.9 Å². The lowest BCUT2D eigenvalue weighted by molar-refractivity contribution is 0.586. The lowest BCUT2D eigenvalue weighted by Gasteiger charge is -2.33. The first-order chi connectivity index (χ1) is 41.7. The van der Waals surface area contributed by atoms with Crippen molar-refractivity contribution in [1.82, 2.24) is 9.97 Å². The van der Waals surface area contributed by atoms with Gasteiger partial charge in [-0.25, -0.2) is 9.97 Å². The van der Waals surface area contributed by atoms with E-state index in [1.165, 1.54) is 133 Å². The zero-order valence-electron chi connectivity index (χ0n) is 51.9. The third-order valence-electron chi connectivity index (χ3n) is 20.6. The number of fused-ring (bicyclic) bond motifs is 27. The molecule has 2 aromatic heterocycles. The van der Waals surface area contributed by atoms with E-state index in [1.54, 1.807) is 0 Å². The van der Waals surface area contributed by atoms with Gasteiger partial charge < -0.3 is 0 Å². The number of nitrogens with zero attached hydrogens (tertiary/aromatic N) is 2. The molecule has 0 amide bonds. The average Bonchev–Trinajstić information content (AvgIpc) is 1.52. The molecule has 3 heteroatoms. The number of hydrogen-bond acceptors (Lipinski definition) is 3. The molecule has 0 unspecified atom stereocenters. The third kappa shape index (κ3) is 6.93. The van der Waals surface area contributed by atoms with Crippen molar-refractivity contribution in [3.63, 3.8) is 0 Å². The first kappa shape index (κ1) is 52.6. The van der Waals surface area contributed by atoms with Gasteiger partial charge in [-0.05, 0) is 144 Å². The van der Waals surface area contributed by atoms with Crippen molar-refractivity contribution in [1.29, 1.82) is 0 Å². The van der Waals surface area contributed by atoms with E-state index >= 15 is 0 Å². The molecule has 0 bridgehead atoms. The van der Waals surface area contributed by atoms with Gasteiger partial charge in [0.25, 0.3) is 0 Å². The molecule has 0 saturated heterocycles. The number of rotatable bonds is 2. The van der Waals surface area contributed by atoms with E-state index in [4.69, 9.17) is 9.97 Å². The number of thiophene rings is 1. The predicted molar refractivity (Wildman–Crippen MR) is 368 cm³/mol. The van der Waals surface area contributed by atoms with Gasteiger partial charge >= 0.3 is 0 Å². The highest BCUT2D eigenvalue weighted by molar-refractivity contribution is 7.21. The summed E-state index contributed by atoms with van der Waals surface area (Å²) in [7, 11) is 0. The minimum absolute atomic E-state index is 0.0549. The van der Waals surface area contributed by atoms with Gasteiger partial charge in [-0.15, -0.1) is 11.3 Å². The third-order valence-corrected chi connectivity index (χ3v) is 21.8. The fourth-order valence-electron chi connectivity index (χ4n) is 16.2. The maximum Gasteiger partial charge on any atom is 0.109 e. The maximum absolute atomic E-state index is 6.08. The van der Waals surface area contributed by atoms with Crippen LogP contribution in [0, 0.1) is 0 Å². The summed E-state index contributed by atoms with van der Waals surface area (Å²) in [6.07, 6.45) is 0. The average molecular weight is 1140 g/mol. The Morgan fingerprint density at radius 2 is 0.540 bits per heavy atom. The van der Waals surface area contributed by atoms with Crippen LogP contribution >= 0.6 is 11.3 Å². The fourth-order valence-corrected chi connectivity index (χ4v) is 17.5. The molecular formula is C84H70N2S. The van der Waals surface area contributed by atoms with Crippen LogP contribution in [0.15, 0.2) is 206 Å². The summed E-state index contributed by atoms with van der Waals surface area (Å²) in [4.78, 5) is 14.4. The van der Waals surface area contributed by atoms with Gasteiger partial charge in [0.1, 0.15) is 11.0 Å². The molecule has 0 aliphatic heterocycles. The van der Waals surface area contributed by atoms with Crippen molar-refractivity contribution >= 4 is 54.9 Å². The Balaban J connectivity index is 1.00. The van der Waals surface area contributed by atoms with Crippen molar-refractivity contribution in [2.75, 3.05) is 0 Å². The highest BCUT2D eigenvalue weighted by Crippen LogP contribution is 2.68. The van der Waals surface area contributed by atoms with Crippen LogP contribution in [0.1, 0.15) is 150 Å². The lowest BCUT2D eigenvalue weighted by atomic mass is 9.68. The SMILES string of the molecule is CC(C)(C)c1ccc2c(c1)C1(c3cc(C(C)(C)C)ccc3-2)c2ccccc2-c2c(-c3sc(-c4cccc5c4-c4ccccc4C54c5cc(C(C)(C)C)ccc5-c5ccc(C(C)(C)C)cc54)c4nc5c6ccccc6c6ccccc6c5nc34)cccc21. The molecule has 0 N–H and O–H groups in total. The Hall–Kier alpha value is -8.76. The molecule has 13 aromatic rings. The summed E-state index contributed by atoms with van der Waals surface area (Å²) in [5.41, 5.74) is 31.3. The van der Waals surface area contributed by atoms with Crippen molar-refractivity contribution < 1.29 is 0 Å². The molecule has 0 atom stereocenters. The molecule has 0 saturated carbocycles. The standard InChI is InChI=1S/C84H70N2S/c1-79(2,3)47-35-39-53-54-40-36-48(80(4,5)6)44-68(54)83(67(53)43-47)63-31-19-17-27-59(63)71-61(29-21-33-65(71)83)77-75-76(86-74-58-26-16-14-24-52(58)51-23-13-15-25-57(51)73(74)85-75)78(87-77)62-30-22-34-66-72(62)60-28-18-20-32-64(60)84(66)69-45-49(81(7,8)9)37-41-55(69)56-42-38-50(46-70(56)84)82(10,11)12/h13-46H,1-12H3. The summed E-state index contributed by atoms with van der Waals surface area (Å²) in [5, 5.41) is 4.61. The molecule has 87 heavy (non-hydrogen) atoms. The van der Waals surface area contributed by atoms with Crippen LogP contribution in [0.5, 0.6) is 0 Å². The molecule has 4 aliphatic rings. The Morgan fingerprint density at radius 1 is 0.253 bits per heavy atom. The molecule has 2 spiro atoms. The van der Waals surface area contributed by atoms with Gasteiger partial charge in [0.15, 0.2) is 0 Å². The van der Waals surface area contributed by atoms with Crippen LogP contribution in [-0.2, 0) is 32.5 Å². The summed E-state index contributed by atoms with van der Waals surface area (Å²) in [5.74, 6) is 0. The van der Waals surface area contributed by atoms with Crippen LogP contribution < -0.4 is 0 Å². The van der Waals surface area contributed by atoms with E-state index in [1.807, 2.05) is 11.3 Å². The molecule has 2 nitrogen and oxygen atoms in total. The van der Waals surface area contributed by atoms with E-state index in [0.717, 1.165) is 42.6 Å². The highest BCUT2D eigenvalue weighted by atomic mass is 32.1. The Bertz CT molecular complexity index is 4760. The van der Waals surface area contributed by atoms with Gasteiger partial charge in [0.05, 0.1) is 31.6 Å². The maximum atomic E-state index is 6.08. The van der Waals surface area contributed by atoms with Crippen LogP contribution in [0.3, 0.4) is 0 Å². The highest BCUT2D eigenvalue weighted by Gasteiger charge is 2.55. The summed E-state index contributed by atoms with van der Waals surface area (Å²) >= 11 is 1.88. The number of aromatic nitrogens is 2. The van der Waals surface area contributed by atoms with Crippen molar-refractivity contribution in [3.8, 4) is 65.4 Å². The van der Waals surface area contributed by atoms with E-state index in [9.17, 15) is 0 Å². The van der Waals surface area contributed by atoms with Crippen LogP contribution in [-0.4, -0.2) is 9.97 Å². The van der Waals surface area contributed by atoms with Crippen molar-refractivity contribution in [2.45, 2.75) is 116 Å². The number of benzene rings is 11. The minimum atomic E-state index is -0.565. The predicted octanol–water partition coefficient (Wildman–Crippen LogP) is 22.4. The second-order valence-corrected chi connectivity index (χ2v) is 30.6. The largest absolute Gasteiger partial charge is 0.242 e. The van der Waals surface area contributed by atoms with E-state index in [2.05, 4.69) is 289 Å². The molecular weight excluding hydrogens is 1070 g/mol. The van der Waals surface area contributed by atoms with Gasteiger partial charge in [0.2, 0.25) is 0 Å². The second kappa shape index (κ2) is 17.5. The first-order valence-corrected chi connectivity index (χ1v) is 32.1. The van der Waals surface area contributed by atoms with Gasteiger partial charge in [-0.2, -0.15) is 0 Å². The molecule has 17 rings (SSSR count). The van der Waals surface area contributed by atoms with Crippen LogP contribution in [0.4, 0.5) is 0 Å². The van der Waals surface area contributed by atoms with Crippen molar-refractivity contribution in [3.05, 3.63) is 273 Å². The topological polar surface area (TPSA) is 25.8 Å². The molecule has 4 aliphatic carbocycles. The number of hydrogen-bond donors (Lipinski definition) is 0. The van der Waals surface area contributed by atoms with Crippen LogP contribution in [0.2, 0.25) is 0 Å². The first-order valence-electron chi connectivity index (χ1n) is 31.3. The zero-order valence-corrected chi connectivity index (χ0v) is 52.7. The fraction of sp³-hybridized carbons (Fsp3) is 0.214. The van der Waals surface area contributed by atoms with Crippen molar-refractivity contribution in [2.24, 2.45) is 0 Å². The monoisotopic (exact) mass is 1140 g/mol.